The number of carbonyl (C=O) groups is 2. The van der Waals surface area contributed by atoms with Crippen molar-refractivity contribution in [1.82, 2.24) is 4.90 Å². The van der Waals surface area contributed by atoms with Crippen LogP contribution in [0.25, 0.3) is 17.4 Å². The Hall–Kier alpha value is -2.58. The van der Waals surface area contributed by atoms with Crippen LogP contribution in [-0.4, -0.2) is 26.2 Å². The molecule has 31 heavy (non-hydrogen) atoms. The van der Waals surface area contributed by atoms with Gasteiger partial charge in [-0.15, -0.1) is 0 Å². The van der Waals surface area contributed by atoms with Gasteiger partial charge in [0.2, 0.25) is 0 Å². The number of carboxylic acid groups (broad SMARTS) is 1. The average Bonchev–Trinajstić information content (AvgIpc) is 3.31. The lowest BCUT2D eigenvalue weighted by atomic mass is 10.1. The number of thioether (sulfide) groups is 1. The normalized spacial score (nSPS) is 16.2. The van der Waals surface area contributed by atoms with E-state index in [1.165, 1.54) is 6.08 Å². The largest absolute Gasteiger partial charge is 0.479 e. The molecule has 4 rings (SSSR count). The van der Waals surface area contributed by atoms with Gasteiger partial charge in [0.1, 0.15) is 15.8 Å². The van der Waals surface area contributed by atoms with Crippen molar-refractivity contribution in [3.63, 3.8) is 0 Å². The molecule has 1 aromatic heterocycles. The molecule has 0 bridgehead atoms. The Balaban J connectivity index is 1.64. The van der Waals surface area contributed by atoms with Gasteiger partial charge in [-0.25, -0.2) is 4.79 Å². The third-order valence-electron chi connectivity index (χ3n) is 4.52. The molecule has 1 atom stereocenters. The Morgan fingerprint density at radius 1 is 1.13 bits per heavy atom. The number of hydrogen-bond acceptors (Lipinski definition) is 5. The van der Waals surface area contributed by atoms with Crippen LogP contribution in [0.3, 0.4) is 0 Å². The second kappa shape index (κ2) is 8.88. The summed E-state index contributed by atoms with van der Waals surface area (Å²) in [6, 6.07) is 15.7. The molecule has 5 nitrogen and oxygen atoms in total. The van der Waals surface area contributed by atoms with E-state index in [-0.39, 0.29) is 9.23 Å². The Morgan fingerprint density at radius 3 is 2.58 bits per heavy atom. The second-order valence-corrected chi connectivity index (χ2v) is 9.05. The third kappa shape index (κ3) is 4.41. The summed E-state index contributed by atoms with van der Waals surface area (Å²) < 4.78 is 5.98. The molecule has 1 aliphatic rings. The van der Waals surface area contributed by atoms with Gasteiger partial charge in [0, 0.05) is 16.7 Å². The molecule has 3 aromatic rings. The average molecular weight is 490 g/mol. The highest BCUT2D eigenvalue weighted by molar-refractivity contribution is 8.26. The Labute approximate surface area is 197 Å². The zero-order valence-corrected chi connectivity index (χ0v) is 18.8. The molecule has 0 saturated carbocycles. The first-order valence-electron chi connectivity index (χ1n) is 8.95. The van der Waals surface area contributed by atoms with Crippen molar-refractivity contribution >= 4 is 69.5 Å². The van der Waals surface area contributed by atoms with E-state index in [0.29, 0.717) is 32.7 Å². The van der Waals surface area contributed by atoms with Crippen LogP contribution >= 0.6 is 47.2 Å². The number of hydrogen-bond donors (Lipinski definition) is 1. The fraction of sp³-hybridized carbons (Fsp3) is 0.0455. The SMILES string of the molecule is O=C(O)[C@@H](c1ccccc1)N1C(=O)/C(=C\c2ccc(-c3cc(Cl)ccc3Cl)o2)SC1=S. The van der Waals surface area contributed by atoms with Gasteiger partial charge in [-0.2, -0.15) is 0 Å². The highest BCUT2D eigenvalue weighted by atomic mass is 35.5. The number of carboxylic acids is 1. The van der Waals surface area contributed by atoms with E-state index in [9.17, 15) is 14.7 Å². The summed E-state index contributed by atoms with van der Waals surface area (Å²) >= 11 is 18.6. The standard InChI is InChI=1S/C22H13Cl2NO4S2/c23-13-6-8-16(24)15(10-13)17-9-7-14(29-17)11-18-20(26)25(22(30)31-18)19(21(27)28)12-4-2-1-3-5-12/h1-11,19H,(H,27,28)/b18-11+/t19-/m1/s1. The maximum atomic E-state index is 13.0. The molecule has 156 valence electrons. The molecule has 1 fully saturated rings. The Bertz CT molecular complexity index is 1220. The third-order valence-corrected chi connectivity index (χ3v) is 6.42. The van der Waals surface area contributed by atoms with Crippen LogP contribution in [-0.2, 0) is 9.59 Å². The van der Waals surface area contributed by atoms with E-state index in [4.69, 9.17) is 39.8 Å². The van der Waals surface area contributed by atoms with Crippen molar-refractivity contribution in [2.45, 2.75) is 6.04 Å². The van der Waals surface area contributed by atoms with Gasteiger partial charge in [0.25, 0.3) is 5.91 Å². The molecule has 2 heterocycles. The molecule has 2 aromatic carbocycles. The summed E-state index contributed by atoms with van der Waals surface area (Å²) in [7, 11) is 0. The lowest BCUT2D eigenvalue weighted by Crippen LogP contribution is -2.37. The van der Waals surface area contributed by atoms with Crippen LogP contribution in [0.15, 0.2) is 70.0 Å². The van der Waals surface area contributed by atoms with E-state index >= 15 is 0 Å². The van der Waals surface area contributed by atoms with Gasteiger partial charge in [-0.3, -0.25) is 9.69 Å². The predicted molar refractivity (Wildman–Crippen MR) is 126 cm³/mol. The van der Waals surface area contributed by atoms with Crippen LogP contribution in [0, 0.1) is 0 Å². The van der Waals surface area contributed by atoms with Gasteiger partial charge in [-0.05, 0) is 35.9 Å². The van der Waals surface area contributed by atoms with E-state index < -0.39 is 17.9 Å². The minimum atomic E-state index is -1.21. The van der Waals surface area contributed by atoms with Crippen molar-refractivity contribution in [3.8, 4) is 11.3 Å². The number of carbonyl (C=O) groups excluding carboxylic acids is 1. The van der Waals surface area contributed by atoms with Crippen LogP contribution in [0.1, 0.15) is 17.4 Å². The maximum Gasteiger partial charge on any atom is 0.331 e. The summed E-state index contributed by atoms with van der Waals surface area (Å²) in [5.41, 5.74) is 1.08. The van der Waals surface area contributed by atoms with Gasteiger partial charge < -0.3 is 9.52 Å². The first kappa shape index (κ1) is 21.6. The van der Waals surface area contributed by atoms with Crippen LogP contribution < -0.4 is 0 Å². The zero-order valence-electron chi connectivity index (χ0n) is 15.6. The topological polar surface area (TPSA) is 70.8 Å². The van der Waals surface area contributed by atoms with E-state index in [1.807, 2.05) is 0 Å². The smallest absolute Gasteiger partial charge is 0.331 e. The number of nitrogens with zero attached hydrogens (tertiary/aromatic N) is 1. The van der Waals surface area contributed by atoms with Crippen molar-refractivity contribution in [1.29, 1.82) is 0 Å². The second-order valence-electron chi connectivity index (χ2n) is 6.53. The van der Waals surface area contributed by atoms with Crippen molar-refractivity contribution in [3.05, 3.63) is 86.9 Å². The quantitative estimate of drug-likeness (QED) is 0.335. The minimum Gasteiger partial charge on any atom is -0.479 e. The van der Waals surface area contributed by atoms with Gasteiger partial charge in [0.05, 0.1) is 9.93 Å². The molecule has 9 heteroatoms. The predicted octanol–water partition coefficient (Wildman–Crippen LogP) is 6.28. The molecule has 1 N–H and O–H groups in total. The first-order valence-corrected chi connectivity index (χ1v) is 10.9. The van der Waals surface area contributed by atoms with Gasteiger partial charge >= 0.3 is 5.97 Å². The van der Waals surface area contributed by atoms with Crippen LogP contribution in [0.4, 0.5) is 0 Å². The molecular formula is C22H13Cl2NO4S2. The molecule has 0 spiro atoms. The molecule has 0 aliphatic carbocycles. The molecule has 1 aliphatic heterocycles. The lowest BCUT2D eigenvalue weighted by molar-refractivity contribution is -0.145. The molecule has 0 radical (unpaired) electrons. The Kier molecular flexibility index (Phi) is 6.20. The number of furan rings is 1. The number of amides is 1. The highest BCUT2D eigenvalue weighted by Gasteiger charge is 2.41. The maximum absolute atomic E-state index is 13.0. The highest BCUT2D eigenvalue weighted by Crippen LogP contribution is 2.39. The van der Waals surface area contributed by atoms with Gasteiger partial charge in [-0.1, -0.05) is 77.5 Å². The monoisotopic (exact) mass is 489 g/mol. The number of aliphatic carboxylic acids is 1. The summed E-state index contributed by atoms with van der Waals surface area (Å²) in [6.07, 6.45) is 1.53. The summed E-state index contributed by atoms with van der Waals surface area (Å²) in [6.45, 7) is 0. The fourth-order valence-corrected chi connectivity index (χ4v) is 4.81. The number of thiocarbonyl (C=S) groups is 1. The van der Waals surface area contributed by atoms with Gasteiger partial charge in [0.15, 0.2) is 6.04 Å². The number of rotatable bonds is 5. The fourth-order valence-electron chi connectivity index (χ4n) is 3.13. The Morgan fingerprint density at radius 2 is 1.87 bits per heavy atom. The molecular weight excluding hydrogens is 477 g/mol. The lowest BCUT2D eigenvalue weighted by Gasteiger charge is -2.23. The molecule has 1 amide bonds. The molecule has 1 saturated heterocycles. The first-order chi connectivity index (χ1) is 14.8. The van der Waals surface area contributed by atoms with Crippen molar-refractivity contribution in [2.24, 2.45) is 0 Å². The van der Waals surface area contributed by atoms with Crippen molar-refractivity contribution < 1.29 is 19.1 Å². The van der Waals surface area contributed by atoms with Crippen LogP contribution in [0.5, 0.6) is 0 Å². The number of benzene rings is 2. The zero-order chi connectivity index (χ0) is 22.1. The summed E-state index contributed by atoms with van der Waals surface area (Å²) in [5, 5.41) is 10.7. The summed E-state index contributed by atoms with van der Waals surface area (Å²) in [4.78, 5) is 26.3. The molecule has 0 unspecified atom stereocenters. The van der Waals surface area contributed by atoms with E-state index in [0.717, 1.165) is 16.7 Å². The van der Waals surface area contributed by atoms with Crippen LogP contribution in [0.2, 0.25) is 10.0 Å². The summed E-state index contributed by atoms with van der Waals surface area (Å²) in [5.74, 6) is -0.773. The van der Waals surface area contributed by atoms with Crippen molar-refractivity contribution in [2.75, 3.05) is 0 Å². The van der Waals surface area contributed by atoms with E-state index in [2.05, 4.69) is 0 Å². The minimum absolute atomic E-state index is 0.164. The number of halogens is 2. The van der Waals surface area contributed by atoms with E-state index in [1.54, 1.807) is 60.7 Å².